The fraction of sp³-hybridized carbons (Fsp3) is 0.176. The second kappa shape index (κ2) is 7.60. The number of rotatable bonds is 5. The highest BCUT2D eigenvalue weighted by Crippen LogP contribution is 2.20. The van der Waals surface area contributed by atoms with Crippen LogP contribution in [0.5, 0.6) is 0 Å². The van der Waals surface area contributed by atoms with Crippen LogP contribution in [0.2, 0.25) is 0 Å². The molecule has 0 fully saturated rings. The lowest BCUT2D eigenvalue weighted by atomic mass is 10.2. The highest BCUT2D eigenvalue weighted by Gasteiger charge is 2.18. The molecule has 1 N–H and O–H groups in total. The van der Waals surface area contributed by atoms with E-state index in [1.807, 2.05) is 19.1 Å². The maximum Gasteiger partial charge on any atom is 0.239 e. The average Bonchev–Trinajstić information content (AvgIpc) is 2.50. The zero-order valence-corrected chi connectivity index (χ0v) is 15.3. The van der Waals surface area contributed by atoms with E-state index >= 15 is 0 Å². The van der Waals surface area contributed by atoms with Crippen molar-refractivity contribution in [1.29, 1.82) is 5.26 Å². The van der Waals surface area contributed by atoms with Gasteiger partial charge in [-0.05, 0) is 48.4 Å². The van der Waals surface area contributed by atoms with E-state index in [9.17, 15) is 13.2 Å². The molecule has 5 nitrogen and oxygen atoms in total. The first-order chi connectivity index (χ1) is 11.3. The fourth-order valence-corrected chi connectivity index (χ4v) is 3.88. The van der Waals surface area contributed by atoms with Gasteiger partial charge in [-0.2, -0.15) is 5.26 Å². The molecular weight excluding hydrogens is 392 g/mol. The molecule has 0 aliphatic rings. The maximum atomic E-state index is 12.2. The summed E-state index contributed by atoms with van der Waals surface area (Å²) in [6.07, 6.45) is 0. The summed E-state index contributed by atoms with van der Waals surface area (Å²) in [6, 6.07) is 13.5. The number of hydrogen-bond donors (Lipinski definition) is 1. The molecule has 124 valence electrons. The molecule has 0 saturated heterocycles. The van der Waals surface area contributed by atoms with Gasteiger partial charge in [0.1, 0.15) is 5.75 Å². The Balaban J connectivity index is 2.02. The summed E-state index contributed by atoms with van der Waals surface area (Å²) in [5.41, 5.74) is 2.42. The lowest BCUT2D eigenvalue weighted by molar-refractivity contribution is -0.113. The molecule has 24 heavy (non-hydrogen) atoms. The molecule has 0 spiro atoms. The number of halogens is 1. The van der Waals surface area contributed by atoms with Crippen molar-refractivity contribution in [1.82, 2.24) is 0 Å². The molecule has 0 unspecified atom stereocenters. The predicted octanol–water partition coefficient (Wildman–Crippen LogP) is 3.18. The van der Waals surface area contributed by atoms with Crippen molar-refractivity contribution in [2.24, 2.45) is 0 Å². The third-order valence-electron chi connectivity index (χ3n) is 3.28. The van der Waals surface area contributed by atoms with Gasteiger partial charge in [0.2, 0.25) is 5.91 Å². The van der Waals surface area contributed by atoms with Crippen molar-refractivity contribution in [3.8, 4) is 6.07 Å². The van der Waals surface area contributed by atoms with Gasteiger partial charge in [0.15, 0.2) is 9.84 Å². The molecular formula is C17H15BrN2O3S. The van der Waals surface area contributed by atoms with Crippen LogP contribution >= 0.6 is 15.9 Å². The average molecular weight is 407 g/mol. The van der Waals surface area contributed by atoms with Crippen LogP contribution in [0.4, 0.5) is 5.69 Å². The van der Waals surface area contributed by atoms with E-state index < -0.39 is 21.5 Å². The topological polar surface area (TPSA) is 87.0 Å². The summed E-state index contributed by atoms with van der Waals surface area (Å²) in [7, 11) is -3.60. The summed E-state index contributed by atoms with van der Waals surface area (Å²) < 4.78 is 25.2. The van der Waals surface area contributed by atoms with Gasteiger partial charge < -0.3 is 5.32 Å². The summed E-state index contributed by atoms with van der Waals surface area (Å²) in [4.78, 5) is 12.0. The molecule has 0 atom stereocenters. The van der Waals surface area contributed by atoms with Gasteiger partial charge in [0.05, 0.1) is 17.4 Å². The molecule has 0 aromatic heterocycles. The van der Waals surface area contributed by atoms with E-state index in [4.69, 9.17) is 5.26 Å². The highest BCUT2D eigenvalue weighted by molar-refractivity contribution is 9.10. The maximum absolute atomic E-state index is 12.2. The molecule has 0 saturated carbocycles. The zero-order valence-electron chi connectivity index (χ0n) is 12.9. The van der Waals surface area contributed by atoms with Gasteiger partial charge in [-0.1, -0.05) is 28.1 Å². The standard InChI is InChI=1S/C17H15BrN2O3S/c1-12-8-15(18)6-7-16(12)20-17(21)11-24(22,23)10-14-4-2-13(9-19)3-5-14/h2-8H,10-11H2,1H3,(H,20,21). The number of carbonyl (C=O) groups is 1. The number of hydrogen-bond acceptors (Lipinski definition) is 4. The molecule has 1 amide bonds. The number of nitrogens with zero attached hydrogens (tertiary/aromatic N) is 1. The van der Waals surface area contributed by atoms with Gasteiger partial charge in [-0.15, -0.1) is 0 Å². The van der Waals surface area contributed by atoms with E-state index in [0.29, 0.717) is 16.8 Å². The lowest BCUT2D eigenvalue weighted by Crippen LogP contribution is -2.24. The Bertz CT molecular complexity index is 900. The van der Waals surface area contributed by atoms with Crippen molar-refractivity contribution >= 4 is 37.4 Å². The van der Waals surface area contributed by atoms with Crippen LogP contribution in [0.25, 0.3) is 0 Å². The SMILES string of the molecule is Cc1cc(Br)ccc1NC(=O)CS(=O)(=O)Cc1ccc(C#N)cc1. The van der Waals surface area contributed by atoms with Crippen LogP contribution in [0.1, 0.15) is 16.7 Å². The molecule has 0 radical (unpaired) electrons. The van der Waals surface area contributed by atoms with Gasteiger partial charge in [0.25, 0.3) is 0 Å². The number of anilines is 1. The Morgan fingerprint density at radius 2 is 1.88 bits per heavy atom. The Kier molecular flexibility index (Phi) is 5.75. The molecule has 2 aromatic rings. The van der Waals surface area contributed by atoms with Crippen LogP contribution in [0, 0.1) is 18.3 Å². The van der Waals surface area contributed by atoms with Crippen molar-refractivity contribution in [3.05, 3.63) is 63.6 Å². The third kappa shape index (κ3) is 5.18. The van der Waals surface area contributed by atoms with Gasteiger partial charge in [-0.3, -0.25) is 4.79 Å². The fourth-order valence-electron chi connectivity index (χ4n) is 2.13. The minimum absolute atomic E-state index is 0.245. The number of benzene rings is 2. The molecule has 2 aromatic carbocycles. The monoisotopic (exact) mass is 406 g/mol. The van der Waals surface area contributed by atoms with E-state index in [1.54, 1.807) is 36.4 Å². The van der Waals surface area contributed by atoms with Crippen LogP contribution in [0.15, 0.2) is 46.9 Å². The minimum Gasteiger partial charge on any atom is -0.325 e. The normalized spacial score (nSPS) is 10.9. The van der Waals surface area contributed by atoms with Gasteiger partial charge in [-0.25, -0.2) is 8.42 Å². The smallest absolute Gasteiger partial charge is 0.239 e. The second-order valence-corrected chi connectivity index (χ2v) is 8.33. The van der Waals surface area contributed by atoms with Crippen molar-refractivity contribution in [2.75, 3.05) is 11.1 Å². The predicted molar refractivity (Wildman–Crippen MR) is 96.2 cm³/mol. The number of nitriles is 1. The van der Waals surface area contributed by atoms with Crippen LogP contribution < -0.4 is 5.32 Å². The largest absolute Gasteiger partial charge is 0.325 e. The van der Waals surface area contributed by atoms with Crippen LogP contribution in [0.3, 0.4) is 0 Å². The number of carbonyl (C=O) groups excluding carboxylic acids is 1. The Morgan fingerprint density at radius 3 is 2.46 bits per heavy atom. The Labute approximate surface area is 149 Å². The molecule has 0 aliphatic carbocycles. The number of sulfone groups is 1. The highest BCUT2D eigenvalue weighted by atomic mass is 79.9. The molecule has 2 rings (SSSR count). The molecule has 0 heterocycles. The number of aryl methyl sites for hydroxylation is 1. The molecule has 0 bridgehead atoms. The molecule has 0 aliphatic heterocycles. The van der Waals surface area contributed by atoms with E-state index in [-0.39, 0.29) is 5.75 Å². The zero-order chi connectivity index (χ0) is 17.7. The van der Waals surface area contributed by atoms with Crippen LogP contribution in [-0.4, -0.2) is 20.1 Å². The van der Waals surface area contributed by atoms with Crippen molar-refractivity contribution in [2.45, 2.75) is 12.7 Å². The molecule has 7 heteroatoms. The summed E-state index contributed by atoms with van der Waals surface area (Å²) in [5, 5.41) is 11.4. The first kappa shape index (κ1) is 18.2. The summed E-state index contributed by atoms with van der Waals surface area (Å²) in [6.45, 7) is 1.83. The van der Waals surface area contributed by atoms with Gasteiger partial charge in [0, 0.05) is 10.2 Å². The van der Waals surface area contributed by atoms with Crippen LogP contribution in [-0.2, 0) is 20.4 Å². The number of nitrogens with one attached hydrogen (secondary N) is 1. The lowest BCUT2D eigenvalue weighted by Gasteiger charge is -2.09. The van der Waals surface area contributed by atoms with Crippen molar-refractivity contribution in [3.63, 3.8) is 0 Å². The van der Waals surface area contributed by atoms with Crippen molar-refractivity contribution < 1.29 is 13.2 Å². The summed E-state index contributed by atoms with van der Waals surface area (Å²) >= 11 is 3.33. The third-order valence-corrected chi connectivity index (χ3v) is 5.25. The number of amides is 1. The second-order valence-electron chi connectivity index (χ2n) is 5.35. The van der Waals surface area contributed by atoms with Gasteiger partial charge >= 0.3 is 0 Å². The Morgan fingerprint density at radius 1 is 1.21 bits per heavy atom. The first-order valence-electron chi connectivity index (χ1n) is 7.04. The summed E-state index contributed by atoms with van der Waals surface area (Å²) in [5.74, 6) is -1.41. The van der Waals surface area contributed by atoms with E-state index in [1.165, 1.54) is 0 Å². The first-order valence-corrected chi connectivity index (χ1v) is 9.66. The Hall–Kier alpha value is -2.17. The minimum atomic E-state index is -3.60. The van der Waals surface area contributed by atoms with E-state index in [0.717, 1.165) is 10.0 Å². The van der Waals surface area contributed by atoms with E-state index in [2.05, 4.69) is 21.2 Å². The quantitative estimate of drug-likeness (QED) is 0.825.